The molecule has 5 heterocycles. The van der Waals surface area contributed by atoms with Crippen molar-refractivity contribution in [1.82, 2.24) is 23.7 Å². The van der Waals surface area contributed by atoms with E-state index in [-0.39, 0.29) is 17.7 Å². The Bertz CT molecular complexity index is 1650. The fourth-order valence-electron chi connectivity index (χ4n) is 9.65. The Morgan fingerprint density at radius 1 is 0.939 bits per heavy atom. The molecule has 10 nitrogen and oxygen atoms in total. The number of nitrogens with zero attached hydrogens (tertiary/aromatic N) is 6. The lowest BCUT2D eigenvalue weighted by Gasteiger charge is -2.41. The van der Waals surface area contributed by atoms with Crippen molar-refractivity contribution in [3.05, 3.63) is 46.0 Å². The van der Waals surface area contributed by atoms with E-state index in [1.54, 1.807) is 0 Å². The van der Waals surface area contributed by atoms with Crippen molar-refractivity contribution in [2.24, 2.45) is 11.8 Å². The Balaban J connectivity index is 0.989. The molecule has 1 aliphatic carbocycles. The second kappa shape index (κ2) is 14.3. The monoisotopic (exact) mass is 712 g/mol. The van der Waals surface area contributed by atoms with Crippen LogP contribution in [0.5, 0.6) is 0 Å². The van der Waals surface area contributed by atoms with E-state index in [1.807, 2.05) is 30.0 Å². The maximum Gasteiger partial charge on any atom is 0.230 e. The molecule has 12 heteroatoms. The normalized spacial score (nSPS) is 25.6. The molecular formula is C37H53ClN6O4S. The molecule has 268 valence electrons. The molecule has 2 bridgehead atoms. The number of sulfonamides is 1. The van der Waals surface area contributed by atoms with E-state index in [2.05, 4.69) is 21.3 Å². The average molecular weight is 713 g/mol. The van der Waals surface area contributed by atoms with Crippen molar-refractivity contribution < 1.29 is 18.0 Å². The van der Waals surface area contributed by atoms with Gasteiger partial charge in [-0.2, -0.15) is 0 Å². The van der Waals surface area contributed by atoms with Gasteiger partial charge in [0.05, 0.1) is 18.5 Å². The first-order chi connectivity index (χ1) is 23.5. The molecule has 3 saturated heterocycles. The maximum atomic E-state index is 14.0. The highest BCUT2D eigenvalue weighted by Crippen LogP contribution is 2.43. The van der Waals surface area contributed by atoms with Gasteiger partial charge in [0.25, 0.3) is 0 Å². The number of hydrogen-bond donors (Lipinski definition) is 0. The Morgan fingerprint density at radius 2 is 1.63 bits per heavy atom. The number of carbonyl (C=O) groups excluding carboxylic acids is 2. The van der Waals surface area contributed by atoms with Crippen molar-refractivity contribution >= 4 is 39.1 Å². The van der Waals surface area contributed by atoms with E-state index < -0.39 is 10.0 Å². The van der Waals surface area contributed by atoms with Gasteiger partial charge >= 0.3 is 0 Å². The number of hydrogen-bond acceptors (Lipinski definition) is 6. The Labute approximate surface area is 297 Å². The van der Waals surface area contributed by atoms with Gasteiger partial charge in [0, 0.05) is 85.5 Å². The number of aryl methyl sites for hydroxylation is 2. The molecule has 0 radical (unpaired) electrons. The SMILES string of the molecule is Cc1ccc(N(CCCN2[C@@H]3CC[C@H]2CC(n2c(C)nc4c2CCN(C(=O)C2CCCC2)C4)C3)C(=O)C2CCN(S(C)(=O)=O)CC2)cc1Cl. The van der Waals surface area contributed by atoms with Crippen LogP contribution < -0.4 is 4.90 Å². The van der Waals surface area contributed by atoms with Gasteiger partial charge in [-0.25, -0.2) is 17.7 Å². The van der Waals surface area contributed by atoms with Gasteiger partial charge in [0.15, 0.2) is 0 Å². The minimum Gasteiger partial charge on any atom is -0.336 e. The lowest BCUT2D eigenvalue weighted by atomic mass is 9.95. The molecule has 4 aliphatic heterocycles. The Hall–Kier alpha value is -2.47. The summed E-state index contributed by atoms with van der Waals surface area (Å²) in [6.45, 7) is 7.88. The van der Waals surface area contributed by atoms with Crippen LogP contribution in [0.3, 0.4) is 0 Å². The van der Waals surface area contributed by atoms with Crippen LogP contribution in [0.15, 0.2) is 18.2 Å². The van der Waals surface area contributed by atoms with Crippen LogP contribution in [0.1, 0.15) is 99.4 Å². The first-order valence-electron chi connectivity index (χ1n) is 18.6. The quantitative estimate of drug-likeness (QED) is 0.341. The predicted octanol–water partition coefficient (Wildman–Crippen LogP) is 5.49. The molecule has 1 aromatic carbocycles. The number of imidazole rings is 1. The van der Waals surface area contributed by atoms with E-state index in [9.17, 15) is 18.0 Å². The molecule has 1 saturated carbocycles. The van der Waals surface area contributed by atoms with Crippen molar-refractivity contribution in [2.75, 3.05) is 43.9 Å². The number of benzene rings is 1. The lowest BCUT2D eigenvalue weighted by molar-refractivity contribution is -0.136. The number of piperidine rings is 2. The van der Waals surface area contributed by atoms with Crippen LogP contribution in [0, 0.1) is 25.7 Å². The van der Waals surface area contributed by atoms with Gasteiger partial charge in [-0.3, -0.25) is 14.5 Å². The predicted molar refractivity (Wildman–Crippen MR) is 192 cm³/mol. The molecular weight excluding hydrogens is 660 g/mol. The summed E-state index contributed by atoms with van der Waals surface area (Å²) in [5.41, 5.74) is 4.24. The number of aromatic nitrogens is 2. The second-order valence-corrected chi connectivity index (χ2v) is 17.8. The Morgan fingerprint density at radius 3 is 2.29 bits per heavy atom. The first kappa shape index (κ1) is 35.0. The van der Waals surface area contributed by atoms with Crippen LogP contribution in [0.25, 0.3) is 0 Å². The molecule has 49 heavy (non-hydrogen) atoms. The highest BCUT2D eigenvalue weighted by atomic mass is 35.5. The third-order valence-corrected chi connectivity index (χ3v) is 14.0. The summed E-state index contributed by atoms with van der Waals surface area (Å²) in [4.78, 5) is 38.9. The highest BCUT2D eigenvalue weighted by molar-refractivity contribution is 7.88. The van der Waals surface area contributed by atoms with Gasteiger partial charge in [-0.1, -0.05) is 30.5 Å². The summed E-state index contributed by atoms with van der Waals surface area (Å²) in [5, 5.41) is 0.646. The molecule has 5 aliphatic rings. The lowest BCUT2D eigenvalue weighted by Crippen LogP contribution is -2.47. The first-order valence-corrected chi connectivity index (χ1v) is 20.8. The number of amides is 2. The minimum absolute atomic E-state index is 0.0682. The van der Waals surface area contributed by atoms with Crippen molar-refractivity contribution in [1.29, 1.82) is 0 Å². The summed E-state index contributed by atoms with van der Waals surface area (Å²) in [5.74, 6) is 1.50. The average Bonchev–Trinajstić information content (AvgIpc) is 3.79. The van der Waals surface area contributed by atoms with E-state index >= 15 is 0 Å². The summed E-state index contributed by atoms with van der Waals surface area (Å²) < 4.78 is 28.2. The standard InChI is InChI=1S/C37H53ClN6O4S/c1-25-9-10-31(23-33(25)38)43(37(46)28-13-19-41(20-14-28)49(3,47)48)17-6-16-42-29-11-12-30(42)22-32(21-29)44-26(2)39-34-24-40(18-15-35(34)44)36(45)27-7-4-5-8-27/h9-10,23,27-30,32H,4-8,11-22,24H2,1-3H3/t29-,30+,32?. The largest absolute Gasteiger partial charge is 0.336 e. The fourth-order valence-corrected chi connectivity index (χ4v) is 10.7. The maximum absolute atomic E-state index is 14.0. The van der Waals surface area contributed by atoms with Crippen molar-refractivity contribution in [3.63, 3.8) is 0 Å². The number of fused-ring (bicyclic) bond motifs is 3. The van der Waals surface area contributed by atoms with Crippen LogP contribution >= 0.6 is 11.6 Å². The van der Waals surface area contributed by atoms with Crippen LogP contribution in [0.4, 0.5) is 5.69 Å². The highest BCUT2D eigenvalue weighted by Gasteiger charge is 2.43. The smallest absolute Gasteiger partial charge is 0.230 e. The number of carbonyl (C=O) groups is 2. The molecule has 3 atom stereocenters. The van der Waals surface area contributed by atoms with Crippen LogP contribution in [-0.2, 0) is 32.6 Å². The number of halogens is 1. The van der Waals surface area contributed by atoms with Crippen LogP contribution in [0.2, 0.25) is 5.02 Å². The van der Waals surface area contributed by atoms with Crippen molar-refractivity contribution in [3.8, 4) is 0 Å². The summed E-state index contributed by atoms with van der Waals surface area (Å²) in [7, 11) is -3.26. The van der Waals surface area contributed by atoms with Crippen LogP contribution in [-0.4, -0.2) is 95.0 Å². The summed E-state index contributed by atoms with van der Waals surface area (Å²) in [6.07, 6.45) is 13.1. The van der Waals surface area contributed by atoms with Gasteiger partial charge in [0.1, 0.15) is 5.82 Å². The molecule has 0 N–H and O–H groups in total. The van der Waals surface area contributed by atoms with E-state index in [1.165, 1.54) is 41.9 Å². The third-order valence-electron chi connectivity index (χ3n) is 12.3. The summed E-state index contributed by atoms with van der Waals surface area (Å²) >= 11 is 6.54. The molecule has 7 rings (SSSR count). The number of rotatable bonds is 9. The van der Waals surface area contributed by atoms with Crippen molar-refractivity contribution in [2.45, 2.75) is 116 Å². The van der Waals surface area contributed by atoms with E-state index in [0.29, 0.717) is 68.1 Å². The van der Waals surface area contributed by atoms with E-state index in [0.717, 1.165) is 74.4 Å². The van der Waals surface area contributed by atoms with Gasteiger partial charge in [-0.05, 0) is 89.3 Å². The van der Waals surface area contributed by atoms with Gasteiger partial charge in [-0.15, -0.1) is 0 Å². The van der Waals surface area contributed by atoms with E-state index in [4.69, 9.17) is 16.6 Å². The fraction of sp³-hybridized carbons (Fsp3) is 0.703. The van der Waals surface area contributed by atoms with Gasteiger partial charge in [0.2, 0.25) is 21.8 Å². The van der Waals surface area contributed by atoms with Gasteiger partial charge < -0.3 is 14.4 Å². The molecule has 1 unspecified atom stereocenters. The third kappa shape index (κ3) is 7.19. The zero-order chi connectivity index (χ0) is 34.4. The Kier molecular flexibility index (Phi) is 10.2. The minimum atomic E-state index is -3.26. The second-order valence-electron chi connectivity index (χ2n) is 15.4. The molecule has 4 fully saturated rings. The topological polar surface area (TPSA) is 99.1 Å². The molecule has 1 aromatic heterocycles. The zero-order valence-corrected chi connectivity index (χ0v) is 31.0. The molecule has 0 spiro atoms. The zero-order valence-electron chi connectivity index (χ0n) is 29.4. The number of anilines is 1. The molecule has 2 aromatic rings. The summed E-state index contributed by atoms with van der Waals surface area (Å²) in [6, 6.07) is 7.32. The molecule has 2 amide bonds.